The van der Waals surface area contributed by atoms with Crippen LogP contribution in [0.15, 0.2) is 18.2 Å². The van der Waals surface area contributed by atoms with Gasteiger partial charge in [-0.1, -0.05) is 6.07 Å². The van der Waals surface area contributed by atoms with Crippen LogP contribution in [-0.2, 0) is 0 Å². The molecule has 6 nitrogen and oxygen atoms in total. The van der Waals surface area contributed by atoms with Gasteiger partial charge in [0.15, 0.2) is 0 Å². The molecule has 1 fully saturated rings. The summed E-state index contributed by atoms with van der Waals surface area (Å²) in [6, 6.07) is 3.62. The maximum atomic E-state index is 13.6. The number of hydrogen-bond donors (Lipinski definition) is 4. The van der Waals surface area contributed by atoms with Gasteiger partial charge < -0.3 is 21.1 Å². The van der Waals surface area contributed by atoms with Crippen LogP contribution in [0.1, 0.15) is 29.6 Å². The molecule has 0 saturated heterocycles. The first-order chi connectivity index (χ1) is 10.1. The molecule has 0 aliphatic heterocycles. The minimum absolute atomic E-state index is 0.277. The monoisotopic (exact) mass is 295 g/mol. The topological polar surface area (TPSA) is 90.5 Å². The number of rotatable bonds is 7. The van der Waals surface area contributed by atoms with E-state index in [0.29, 0.717) is 12.6 Å². The van der Waals surface area contributed by atoms with E-state index < -0.39 is 17.8 Å². The third kappa shape index (κ3) is 4.71. The molecule has 7 heteroatoms. The summed E-state index contributed by atoms with van der Waals surface area (Å²) in [5.74, 6) is -2.07. The number of anilines is 1. The molecule has 1 aromatic rings. The molecule has 0 aromatic heterocycles. The van der Waals surface area contributed by atoms with E-state index >= 15 is 0 Å². The molecule has 114 valence electrons. The summed E-state index contributed by atoms with van der Waals surface area (Å²) in [6.07, 6.45) is 3.17. The van der Waals surface area contributed by atoms with Gasteiger partial charge in [-0.2, -0.15) is 0 Å². The Morgan fingerprint density at radius 3 is 2.71 bits per heavy atom. The van der Waals surface area contributed by atoms with E-state index in [1.54, 1.807) is 0 Å². The fourth-order valence-corrected chi connectivity index (χ4v) is 1.87. The van der Waals surface area contributed by atoms with Gasteiger partial charge in [0.25, 0.3) is 0 Å². The predicted octanol–water partition coefficient (Wildman–Crippen LogP) is 1.79. The third-order valence-electron chi connectivity index (χ3n) is 3.13. The number of halogens is 1. The van der Waals surface area contributed by atoms with Gasteiger partial charge in [-0.25, -0.2) is 14.0 Å². The molecule has 0 spiro atoms. The van der Waals surface area contributed by atoms with E-state index in [0.717, 1.165) is 19.0 Å². The maximum Gasteiger partial charge on any atom is 0.337 e. The fourth-order valence-electron chi connectivity index (χ4n) is 1.87. The van der Waals surface area contributed by atoms with E-state index in [1.165, 1.54) is 25.0 Å². The summed E-state index contributed by atoms with van der Waals surface area (Å²) >= 11 is 0. The van der Waals surface area contributed by atoms with Crippen LogP contribution >= 0.6 is 0 Å². The Morgan fingerprint density at radius 2 is 2.05 bits per heavy atom. The number of hydrogen-bond acceptors (Lipinski definition) is 3. The maximum absolute atomic E-state index is 13.6. The average Bonchev–Trinajstić information content (AvgIpc) is 3.24. The highest BCUT2D eigenvalue weighted by Gasteiger charge is 2.19. The molecular formula is C14H18FN3O3. The van der Waals surface area contributed by atoms with E-state index in [1.807, 2.05) is 0 Å². The van der Waals surface area contributed by atoms with E-state index in [-0.39, 0.29) is 11.3 Å². The third-order valence-corrected chi connectivity index (χ3v) is 3.13. The normalized spacial score (nSPS) is 13.8. The van der Waals surface area contributed by atoms with Crippen molar-refractivity contribution in [3.8, 4) is 0 Å². The number of carbonyl (C=O) groups is 2. The lowest BCUT2D eigenvalue weighted by atomic mass is 10.1. The van der Waals surface area contributed by atoms with Crippen molar-refractivity contribution in [2.75, 3.05) is 18.4 Å². The quantitative estimate of drug-likeness (QED) is 0.577. The number of nitrogens with one attached hydrogen (secondary N) is 3. The van der Waals surface area contributed by atoms with Crippen molar-refractivity contribution >= 4 is 17.7 Å². The first-order valence-electron chi connectivity index (χ1n) is 6.88. The summed E-state index contributed by atoms with van der Waals surface area (Å²) in [4.78, 5) is 22.6. The summed E-state index contributed by atoms with van der Waals surface area (Å²) < 4.78 is 13.6. The van der Waals surface area contributed by atoms with Gasteiger partial charge in [-0.05, 0) is 37.9 Å². The molecule has 4 N–H and O–H groups in total. The van der Waals surface area contributed by atoms with Crippen LogP contribution in [0.25, 0.3) is 0 Å². The van der Waals surface area contributed by atoms with Crippen LogP contribution in [0, 0.1) is 5.82 Å². The molecule has 21 heavy (non-hydrogen) atoms. The van der Waals surface area contributed by atoms with Crippen molar-refractivity contribution in [3.63, 3.8) is 0 Å². The van der Waals surface area contributed by atoms with Crippen molar-refractivity contribution in [1.29, 1.82) is 0 Å². The molecule has 0 bridgehead atoms. The highest BCUT2D eigenvalue weighted by molar-refractivity contribution is 6.00. The number of amides is 2. The number of aromatic carboxylic acids is 1. The minimum atomic E-state index is -1.29. The van der Waals surface area contributed by atoms with Gasteiger partial charge in [0.1, 0.15) is 5.82 Å². The first kappa shape index (κ1) is 15.2. The second-order valence-electron chi connectivity index (χ2n) is 4.93. The van der Waals surface area contributed by atoms with Gasteiger partial charge in [0.2, 0.25) is 0 Å². The molecule has 2 rings (SSSR count). The molecule has 0 heterocycles. The van der Waals surface area contributed by atoms with Crippen LogP contribution in [0.3, 0.4) is 0 Å². The molecular weight excluding hydrogens is 277 g/mol. The first-order valence-corrected chi connectivity index (χ1v) is 6.88. The predicted molar refractivity (Wildman–Crippen MR) is 76.0 cm³/mol. The molecule has 1 aliphatic rings. The molecule has 0 unspecified atom stereocenters. The van der Waals surface area contributed by atoms with Gasteiger partial charge in [-0.15, -0.1) is 0 Å². The Labute approximate surface area is 121 Å². The summed E-state index contributed by atoms with van der Waals surface area (Å²) in [7, 11) is 0. The average molecular weight is 295 g/mol. The summed E-state index contributed by atoms with van der Waals surface area (Å²) in [6.45, 7) is 1.24. The summed E-state index contributed by atoms with van der Waals surface area (Å²) in [5.41, 5.74) is -0.598. The number of para-hydroxylation sites is 1. The van der Waals surface area contributed by atoms with Gasteiger partial charge in [0.05, 0.1) is 11.3 Å². The fraction of sp³-hybridized carbons (Fsp3) is 0.429. The van der Waals surface area contributed by atoms with Crippen LogP contribution in [0.4, 0.5) is 14.9 Å². The highest BCUT2D eigenvalue weighted by atomic mass is 19.1. The van der Waals surface area contributed by atoms with Gasteiger partial charge in [-0.3, -0.25) is 0 Å². The highest BCUT2D eigenvalue weighted by Crippen LogP contribution is 2.20. The number of benzene rings is 1. The Kier molecular flexibility index (Phi) is 5.10. The summed E-state index contributed by atoms with van der Waals surface area (Å²) in [5, 5.41) is 17.1. The zero-order valence-corrected chi connectivity index (χ0v) is 11.5. The van der Waals surface area contributed by atoms with Crippen molar-refractivity contribution in [1.82, 2.24) is 10.6 Å². The lowest BCUT2D eigenvalue weighted by Gasteiger charge is -2.11. The Hall–Kier alpha value is -2.15. The van der Waals surface area contributed by atoms with Crippen LogP contribution in [-0.4, -0.2) is 36.2 Å². The second-order valence-corrected chi connectivity index (χ2v) is 4.93. The molecule has 0 radical (unpaired) electrons. The number of carboxylic acids is 1. The van der Waals surface area contributed by atoms with Crippen molar-refractivity contribution in [2.24, 2.45) is 0 Å². The molecule has 1 aromatic carbocycles. The molecule has 0 atom stereocenters. The smallest absolute Gasteiger partial charge is 0.337 e. The zero-order chi connectivity index (χ0) is 15.2. The number of carbonyl (C=O) groups excluding carboxylic acids is 1. The number of carboxylic acid groups (broad SMARTS) is 1. The van der Waals surface area contributed by atoms with Crippen molar-refractivity contribution in [2.45, 2.75) is 25.3 Å². The largest absolute Gasteiger partial charge is 0.478 e. The second kappa shape index (κ2) is 7.03. The van der Waals surface area contributed by atoms with Gasteiger partial charge >= 0.3 is 12.0 Å². The SMILES string of the molecule is O=C(NCCCNC1CC1)Nc1c(F)cccc1C(=O)O. The van der Waals surface area contributed by atoms with Crippen LogP contribution < -0.4 is 16.0 Å². The zero-order valence-electron chi connectivity index (χ0n) is 11.5. The molecule has 1 aliphatic carbocycles. The van der Waals surface area contributed by atoms with Crippen molar-refractivity contribution in [3.05, 3.63) is 29.6 Å². The van der Waals surface area contributed by atoms with E-state index in [9.17, 15) is 14.0 Å². The van der Waals surface area contributed by atoms with Crippen LogP contribution in [0.2, 0.25) is 0 Å². The minimum Gasteiger partial charge on any atom is -0.478 e. The standard InChI is InChI=1S/C14H18FN3O3/c15-11-4-1-3-10(13(19)20)12(11)18-14(21)17-8-2-7-16-9-5-6-9/h1,3-4,9,16H,2,5-8H2,(H,19,20)(H2,17,18,21). The number of urea groups is 1. The lowest BCUT2D eigenvalue weighted by molar-refractivity contribution is 0.0697. The van der Waals surface area contributed by atoms with Gasteiger partial charge in [0, 0.05) is 12.6 Å². The van der Waals surface area contributed by atoms with E-state index in [2.05, 4.69) is 16.0 Å². The lowest BCUT2D eigenvalue weighted by Crippen LogP contribution is -2.32. The molecule has 2 amide bonds. The Bertz CT molecular complexity index is 532. The van der Waals surface area contributed by atoms with Crippen LogP contribution in [0.5, 0.6) is 0 Å². The van der Waals surface area contributed by atoms with E-state index in [4.69, 9.17) is 5.11 Å². The Balaban J connectivity index is 1.80. The molecule has 1 saturated carbocycles. The van der Waals surface area contributed by atoms with Crippen molar-refractivity contribution < 1.29 is 19.1 Å². The Morgan fingerprint density at radius 1 is 1.29 bits per heavy atom.